The number of hydrogen-bond acceptors (Lipinski definition) is 5. The average molecular weight is 250 g/mol. The van der Waals surface area contributed by atoms with Gasteiger partial charge >= 0.3 is 8.80 Å². The van der Waals surface area contributed by atoms with E-state index in [1.54, 1.807) is 14.2 Å². The molecule has 0 saturated carbocycles. The molecule has 0 aliphatic carbocycles. The summed E-state index contributed by atoms with van der Waals surface area (Å²) in [7, 11) is 0.540. The highest BCUT2D eigenvalue weighted by Gasteiger charge is 2.53. The van der Waals surface area contributed by atoms with Gasteiger partial charge in [0.1, 0.15) is 0 Å². The normalized spacial score (nSPS) is 23.2. The van der Waals surface area contributed by atoms with Gasteiger partial charge in [0.25, 0.3) is 5.97 Å². The third kappa shape index (κ3) is 3.03. The first-order valence-corrected chi connectivity index (χ1v) is 7.67. The largest absolute Gasteiger partial charge is 0.504 e. The minimum Gasteiger partial charge on any atom is -0.374 e. The molecule has 1 fully saturated rings. The Morgan fingerprint density at radius 2 is 1.69 bits per heavy atom. The molecule has 1 heterocycles. The molecule has 5 nitrogen and oxygen atoms in total. The predicted octanol–water partition coefficient (Wildman–Crippen LogP) is 1.76. The molecule has 0 aromatic carbocycles. The first-order chi connectivity index (χ1) is 7.66. The molecule has 0 aromatic heterocycles. The van der Waals surface area contributed by atoms with Gasteiger partial charge in [-0.25, -0.2) is 0 Å². The maximum Gasteiger partial charge on any atom is 0.504 e. The number of methoxy groups -OCH3 is 2. The highest BCUT2D eigenvalue weighted by atomic mass is 28.4. The zero-order valence-corrected chi connectivity index (χ0v) is 11.6. The van der Waals surface area contributed by atoms with E-state index in [1.165, 1.54) is 0 Å². The van der Waals surface area contributed by atoms with Gasteiger partial charge in [0, 0.05) is 39.9 Å². The Morgan fingerprint density at radius 1 is 1.12 bits per heavy atom. The van der Waals surface area contributed by atoms with Gasteiger partial charge in [-0.3, -0.25) is 0 Å². The molecule has 1 saturated heterocycles. The van der Waals surface area contributed by atoms with Crippen LogP contribution in [0.25, 0.3) is 0 Å². The summed E-state index contributed by atoms with van der Waals surface area (Å²) in [6.07, 6.45) is 1.63. The molecule has 0 unspecified atom stereocenters. The van der Waals surface area contributed by atoms with Gasteiger partial charge in [0.15, 0.2) is 0 Å². The Hall–Kier alpha value is 0.0169. The molecular formula is C10H22O5Si. The van der Waals surface area contributed by atoms with Gasteiger partial charge in [-0.15, -0.1) is 0 Å². The third-order valence-corrected chi connectivity index (χ3v) is 5.67. The van der Waals surface area contributed by atoms with Crippen LogP contribution in [0, 0.1) is 0 Å². The summed E-state index contributed by atoms with van der Waals surface area (Å²) >= 11 is 0. The lowest BCUT2D eigenvalue weighted by molar-refractivity contribution is -0.348. The van der Waals surface area contributed by atoms with E-state index in [1.807, 2.05) is 13.8 Å². The van der Waals surface area contributed by atoms with Crippen LogP contribution in [-0.2, 0) is 22.8 Å². The number of rotatable bonds is 6. The van der Waals surface area contributed by atoms with Crippen LogP contribution >= 0.6 is 0 Å². The van der Waals surface area contributed by atoms with Gasteiger partial charge in [-0.05, 0) is 20.3 Å². The quantitative estimate of drug-likeness (QED) is 0.531. The van der Waals surface area contributed by atoms with E-state index in [9.17, 15) is 0 Å². The van der Waals surface area contributed by atoms with Crippen molar-refractivity contribution in [1.82, 2.24) is 0 Å². The molecule has 0 atom stereocenters. The molecule has 0 radical (unpaired) electrons. The Kier molecular flexibility index (Phi) is 5.36. The van der Waals surface area contributed by atoms with Crippen LogP contribution in [0.4, 0.5) is 0 Å². The average Bonchev–Trinajstić information content (AvgIpc) is 2.30. The van der Waals surface area contributed by atoms with Gasteiger partial charge in [0.2, 0.25) is 0 Å². The van der Waals surface area contributed by atoms with Gasteiger partial charge < -0.3 is 22.8 Å². The highest BCUT2D eigenvalue weighted by molar-refractivity contribution is 6.61. The fourth-order valence-electron chi connectivity index (χ4n) is 1.92. The minimum atomic E-state index is -2.61. The first kappa shape index (κ1) is 14.1. The van der Waals surface area contributed by atoms with Gasteiger partial charge in [-0.2, -0.15) is 0 Å². The predicted molar refractivity (Wildman–Crippen MR) is 60.9 cm³/mol. The minimum absolute atomic E-state index is 0.579. The fraction of sp³-hybridized carbons (Fsp3) is 1.00. The standard InChI is InChI=1S/C10H22O5Si/c1-5-13-16(14-6-2)9-7-8-10(11-3,12-4)15-16/h5-9H2,1-4H3. The van der Waals surface area contributed by atoms with Gasteiger partial charge in [0.05, 0.1) is 0 Å². The Morgan fingerprint density at radius 3 is 2.12 bits per heavy atom. The van der Waals surface area contributed by atoms with Crippen molar-refractivity contribution in [3.63, 3.8) is 0 Å². The van der Waals surface area contributed by atoms with Crippen molar-refractivity contribution in [2.45, 2.75) is 38.7 Å². The molecule has 16 heavy (non-hydrogen) atoms. The van der Waals surface area contributed by atoms with Crippen molar-refractivity contribution in [2.75, 3.05) is 27.4 Å². The van der Waals surface area contributed by atoms with Crippen molar-refractivity contribution >= 4 is 8.80 Å². The molecule has 96 valence electrons. The summed E-state index contributed by atoms with van der Waals surface area (Å²) < 4.78 is 27.9. The highest BCUT2D eigenvalue weighted by Crippen LogP contribution is 2.35. The summed E-state index contributed by atoms with van der Waals surface area (Å²) in [4.78, 5) is 0. The van der Waals surface area contributed by atoms with E-state index >= 15 is 0 Å². The maximum atomic E-state index is 5.89. The lowest BCUT2D eigenvalue weighted by Gasteiger charge is -2.42. The lowest BCUT2D eigenvalue weighted by Crippen LogP contribution is -2.57. The Labute approximate surface area is 98.3 Å². The number of hydrogen-bond donors (Lipinski definition) is 0. The second-order valence-electron chi connectivity index (χ2n) is 3.60. The second-order valence-corrected chi connectivity index (χ2v) is 6.24. The smallest absolute Gasteiger partial charge is 0.374 e. The summed E-state index contributed by atoms with van der Waals surface area (Å²) in [5, 5.41) is 0. The molecule has 0 aromatic rings. The molecule has 1 aliphatic rings. The second kappa shape index (κ2) is 6.09. The number of ether oxygens (including phenoxy) is 2. The Balaban J connectivity index is 2.77. The zero-order chi connectivity index (χ0) is 12.1. The van der Waals surface area contributed by atoms with Crippen molar-refractivity contribution < 1.29 is 22.8 Å². The van der Waals surface area contributed by atoms with Crippen LogP contribution in [0.2, 0.25) is 6.04 Å². The molecule has 0 N–H and O–H groups in total. The van der Waals surface area contributed by atoms with Crippen LogP contribution in [0.1, 0.15) is 26.7 Å². The van der Waals surface area contributed by atoms with Crippen LogP contribution < -0.4 is 0 Å². The lowest BCUT2D eigenvalue weighted by atomic mass is 10.3. The van der Waals surface area contributed by atoms with E-state index in [4.69, 9.17) is 22.8 Å². The molecule has 6 heteroatoms. The molecule has 0 bridgehead atoms. The van der Waals surface area contributed by atoms with Crippen molar-refractivity contribution in [1.29, 1.82) is 0 Å². The van der Waals surface area contributed by atoms with Crippen molar-refractivity contribution in [3.05, 3.63) is 0 Å². The van der Waals surface area contributed by atoms with Crippen molar-refractivity contribution in [3.8, 4) is 0 Å². The van der Waals surface area contributed by atoms with Crippen LogP contribution in [0.5, 0.6) is 0 Å². The molecule has 0 spiro atoms. The van der Waals surface area contributed by atoms with E-state index < -0.39 is 14.8 Å². The van der Waals surface area contributed by atoms with E-state index in [0.717, 1.165) is 12.5 Å². The molecule has 1 aliphatic heterocycles. The van der Waals surface area contributed by atoms with Crippen molar-refractivity contribution in [2.24, 2.45) is 0 Å². The van der Waals surface area contributed by atoms with Crippen LogP contribution in [0.15, 0.2) is 0 Å². The molecule has 0 amide bonds. The third-order valence-electron chi connectivity index (χ3n) is 2.63. The molecule has 1 rings (SSSR count). The van der Waals surface area contributed by atoms with Crippen LogP contribution in [0.3, 0.4) is 0 Å². The Bertz CT molecular complexity index is 196. The SMILES string of the molecule is CCO[Si]1(OCC)CCCC(OC)(OC)O1. The van der Waals surface area contributed by atoms with E-state index in [0.29, 0.717) is 19.6 Å². The maximum absolute atomic E-state index is 5.89. The summed E-state index contributed by atoms with van der Waals surface area (Å²) in [5.74, 6) is -0.991. The van der Waals surface area contributed by atoms with Gasteiger partial charge in [-0.1, -0.05) is 0 Å². The topological polar surface area (TPSA) is 46.2 Å². The fourth-order valence-corrected chi connectivity index (χ4v) is 4.74. The van der Waals surface area contributed by atoms with E-state index in [-0.39, 0.29) is 0 Å². The van der Waals surface area contributed by atoms with E-state index in [2.05, 4.69) is 0 Å². The molecular weight excluding hydrogens is 228 g/mol. The summed E-state index contributed by atoms with van der Waals surface area (Å²) in [6, 6.07) is 0.823. The summed E-state index contributed by atoms with van der Waals surface area (Å²) in [5.41, 5.74) is 0. The van der Waals surface area contributed by atoms with Crippen LogP contribution in [-0.4, -0.2) is 42.2 Å². The first-order valence-electron chi connectivity index (χ1n) is 5.74. The summed E-state index contributed by atoms with van der Waals surface area (Å²) in [6.45, 7) is 5.03. The zero-order valence-electron chi connectivity index (χ0n) is 10.6. The monoisotopic (exact) mass is 250 g/mol.